The van der Waals surface area contributed by atoms with Gasteiger partial charge >= 0.3 is 5.97 Å². The average molecular weight is 357 g/mol. The van der Waals surface area contributed by atoms with Crippen LogP contribution in [0, 0.1) is 11.8 Å². The van der Waals surface area contributed by atoms with Crippen molar-refractivity contribution in [2.24, 2.45) is 11.8 Å². The maximum absolute atomic E-state index is 12.5. The highest BCUT2D eigenvalue weighted by Crippen LogP contribution is 2.25. The number of fused-ring (bicyclic) bond motifs is 1. The molecule has 2 aromatic rings. The summed E-state index contributed by atoms with van der Waals surface area (Å²) < 4.78 is 5.23. The van der Waals surface area contributed by atoms with Gasteiger partial charge in [0.25, 0.3) is 0 Å². The largest absolute Gasteiger partial charge is 0.497 e. The fourth-order valence-corrected chi connectivity index (χ4v) is 3.01. The van der Waals surface area contributed by atoms with Gasteiger partial charge in [0.1, 0.15) is 5.75 Å². The Balaban J connectivity index is 2.07. The summed E-state index contributed by atoms with van der Waals surface area (Å²) in [6.07, 6.45) is 0.543. The van der Waals surface area contributed by atoms with Crippen molar-refractivity contribution in [1.29, 1.82) is 0 Å². The van der Waals surface area contributed by atoms with Crippen LogP contribution in [0.15, 0.2) is 36.4 Å². The molecule has 0 aliphatic rings. The second-order valence-electron chi connectivity index (χ2n) is 7.10. The summed E-state index contributed by atoms with van der Waals surface area (Å²) in [6.45, 7) is 5.94. The first-order chi connectivity index (χ1) is 12.3. The van der Waals surface area contributed by atoms with E-state index in [0.29, 0.717) is 6.42 Å². The first-order valence-corrected chi connectivity index (χ1v) is 8.90. The van der Waals surface area contributed by atoms with E-state index in [2.05, 4.69) is 5.32 Å². The number of benzene rings is 2. The number of carbonyl (C=O) groups is 2. The first kappa shape index (κ1) is 19.8. The molecule has 0 fully saturated rings. The van der Waals surface area contributed by atoms with Crippen LogP contribution < -0.4 is 10.1 Å². The van der Waals surface area contributed by atoms with Gasteiger partial charge in [-0.3, -0.25) is 9.59 Å². The van der Waals surface area contributed by atoms with Crippen LogP contribution in [0.2, 0.25) is 0 Å². The normalized spacial score (nSPS) is 13.4. The van der Waals surface area contributed by atoms with Gasteiger partial charge in [0, 0.05) is 6.54 Å². The van der Waals surface area contributed by atoms with Crippen LogP contribution in [0.3, 0.4) is 0 Å². The summed E-state index contributed by atoms with van der Waals surface area (Å²) in [5, 5.41) is 14.2. The number of carbonyl (C=O) groups excluding carboxylic acids is 1. The molecule has 2 aromatic carbocycles. The van der Waals surface area contributed by atoms with E-state index in [1.165, 1.54) is 0 Å². The molecule has 5 nitrogen and oxygen atoms in total. The summed E-state index contributed by atoms with van der Waals surface area (Å²) in [6, 6.07) is 11.7. The highest BCUT2D eigenvalue weighted by molar-refractivity contribution is 5.88. The number of carboxylic acids is 1. The number of ether oxygens (including phenoxy) is 1. The minimum Gasteiger partial charge on any atom is -0.497 e. The predicted octanol–water partition coefficient (Wildman–Crippen LogP) is 3.82. The van der Waals surface area contributed by atoms with Crippen LogP contribution in [0.1, 0.15) is 38.7 Å². The molecule has 0 radical (unpaired) electrons. The van der Waals surface area contributed by atoms with Gasteiger partial charge in [0.2, 0.25) is 5.91 Å². The molecule has 26 heavy (non-hydrogen) atoms. The fraction of sp³-hybridized carbons (Fsp3) is 0.429. The highest BCUT2D eigenvalue weighted by Gasteiger charge is 2.22. The lowest BCUT2D eigenvalue weighted by atomic mass is 9.95. The van der Waals surface area contributed by atoms with Crippen molar-refractivity contribution in [3.63, 3.8) is 0 Å². The minimum atomic E-state index is -0.869. The van der Waals surface area contributed by atoms with Gasteiger partial charge in [-0.2, -0.15) is 0 Å². The fourth-order valence-electron chi connectivity index (χ4n) is 3.01. The molecule has 140 valence electrons. The lowest BCUT2D eigenvalue weighted by molar-refractivity contribution is -0.142. The van der Waals surface area contributed by atoms with Gasteiger partial charge in [0.05, 0.1) is 18.9 Å². The minimum absolute atomic E-state index is 0.154. The topological polar surface area (TPSA) is 75.6 Å². The summed E-state index contributed by atoms with van der Waals surface area (Å²) in [5.41, 5.74) is 0.899. The van der Waals surface area contributed by atoms with E-state index in [1.807, 2.05) is 57.2 Å². The molecule has 0 saturated carbocycles. The van der Waals surface area contributed by atoms with E-state index >= 15 is 0 Å². The SMILES string of the molecule is COc1ccc2cc(C(C)C(=O)NCC(CC(C)C)C(=O)O)ccc2c1. The van der Waals surface area contributed by atoms with Crippen LogP contribution >= 0.6 is 0 Å². The number of carboxylic acid groups (broad SMARTS) is 1. The molecule has 2 rings (SSSR count). The van der Waals surface area contributed by atoms with E-state index in [1.54, 1.807) is 7.11 Å². The summed E-state index contributed by atoms with van der Waals surface area (Å²) in [4.78, 5) is 23.8. The van der Waals surface area contributed by atoms with Gasteiger partial charge < -0.3 is 15.2 Å². The lowest BCUT2D eigenvalue weighted by Gasteiger charge is -2.18. The van der Waals surface area contributed by atoms with Crippen LogP contribution in [0.5, 0.6) is 5.75 Å². The monoisotopic (exact) mass is 357 g/mol. The standard InChI is InChI=1S/C21H27NO4/c1-13(2)9-18(21(24)25)12-22-20(23)14(3)15-5-6-17-11-19(26-4)8-7-16(17)10-15/h5-8,10-11,13-14,18H,9,12H2,1-4H3,(H,22,23)(H,24,25). The molecule has 0 aliphatic heterocycles. The van der Waals surface area contributed by atoms with Crippen molar-refractivity contribution in [2.45, 2.75) is 33.1 Å². The zero-order valence-electron chi connectivity index (χ0n) is 15.8. The van der Waals surface area contributed by atoms with Crippen LogP contribution in [-0.4, -0.2) is 30.6 Å². The number of aliphatic carboxylic acids is 1. The molecule has 2 unspecified atom stereocenters. The van der Waals surface area contributed by atoms with Gasteiger partial charge in [-0.05, 0) is 47.7 Å². The molecule has 0 aliphatic carbocycles. The summed E-state index contributed by atoms with van der Waals surface area (Å²) in [7, 11) is 1.63. The second kappa shape index (κ2) is 8.70. The Kier molecular flexibility index (Phi) is 6.61. The predicted molar refractivity (Wildman–Crippen MR) is 103 cm³/mol. The third kappa shape index (κ3) is 4.97. The molecule has 2 N–H and O–H groups in total. The molecule has 0 spiro atoms. The molecular formula is C21H27NO4. The maximum atomic E-state index is 12.5. The summed E-state index contributed by atoms with van der Waals surface area (Å²) in [5.74, 6) is -0.881. The van der Waals surface area contributed by atoms with Crippen LogP contribution in [-0.2, 0) is 9.59 Å². The van der Waals surface area contributed by atoms with Gasteiger partial charge in [-0.1, -0.05) is 38.1 Å². The van der Waals surface area contributed by atoms with E-state index in [-0.39, 0.29) is 24.3 Å². The smallest absolute Gasteiger partial charge is 0.308 e. The Morgan fingerprint density at radius 3 is 2.35 bits per heavy atom. The number of rotatable bonds is 8. The van der Waals surface area contributed by atoms with Crippen molar-refractivity contribution in [1.82, 2.24) is 5.32 Å². The van der Waals surface area contributed by atoms with E-state index in [9.17, 15) is 14.7 Å². The number of methoxy groups -OCH3 is 1. The second-order valence-corrected chi connectivity index (χ2v) is 7.10. The molecule has 5 heteroatoms. The Labute approximate surface area is 154 Å². The molecule has 1 amide bonds. The number of nitrogens with one attached hydrogen (secondary N) is 1. The number of hydrogen-bond donors (Lipinski definition) is 2. The maximum Gasteiger partial charge on any atom is 0.308 e. The van der Waals surface area contributed by atoms with Crippen molar-refractivity contribution < 1.29 is 19.4 Å². The Morgan fingerprint density at radius 1 is 1.08 bits per heavy atom. The number of hydrogen-bond acceptors (Lipinski definition) is 3. The van der Waals surface area contributed by atoms with Crippen molar-refractivity contribution >= 4 is 22.6 Å². The van der Waals surface area contributed by atoms with Crippen LogP contribution in [0.25, 0.3) is 10.8 Å². The molecule has 0 aromatic heterocycles. The molecule has 0 bridgehead atoms. The number of amides is 1. The third-order valence-corrected chi connectivity index (χ3v) is 4.59. The highest BCUT2D eigenvalue weighted by atomic mass is 16.5. The van der Waals surface area contributed by atoms with Crippen molar-refractivity contribution in [3.8, 4) is 5.75 Å². The van der Waals surface area contributed by atoms with Gasteiger partial charge in [-0.15, -0.1) is 0 Å². The zero-order chi connectivity index (χ0) is 19.3. The van der Waals surface area contributed by atoms with E-state index in [4.69, 9.17) is 4.74 Å². The molecule has 0 saturated heterocycles. The van der Waals surface area contributed by atoms with Crippen LogP contribution in [0.4, 0.5) is 0 Å². The Hall–Kier alpha value is -2.56. The van der Waals surface area contributed by atoms with E-state index < -0.39 is 11.9 Å². The summed E-state index contributed by atoms with van der Waals surface area (Å²) >= 11 is 0. The van der Waals surface area contributed by atoms with Crippen molar-refractivity contribution in [3.05, 3.63) is 42.0 Å². The van der Waals surface area contributed by atoms with E-state index in [0.717, 1.165) is 22.1 Å². The molecule has 2 atom stereocenters. The average Bonchev–Trinajstić information content (AvgIpc) is 2.62. The zero-order valence-corrected chi connectivity index (χ0v) is 15.8. The molecular weight excluding hydrogens is 330 g/mol. The quantitative estimate of drug-likeness (QED) is 0.753. The first-order valence-electron chi connectivity index (χ1n) is 8.90. The lowest BCUT2D eigenvalue weighted by Crippen LogP contribution is -2.35. The Bertz CT molecular complexity index is 785. The van der Waals surface area contributed by atoms with Crippen molar-refractivity contribution in [2.75, 3.05) is 13.7 Å². The van der Waals surface area contributed by atoms with Gasteiger partial charge in [0.15, 0.2) is 0 Å². The van der Waals surface area contributed by atoms with Gasteiger partial charge in [-0.25, -0.2) is 0 Å². The molecule has 0 heterocycles. The Morgan fingerprint density at radius 2 is 1.73 bits per heavy atom. The third-order valence-electron chi connectivity index (χ3n) is 4.59.